The summed E-state index contributed by atoms with van der Waals surface area (Å²) in [6.07, 6.45) is 1.51. The number of aromatic nitrogens is 4. The van der Waals surface area contributed by atoms with Gasteiger partial charge in [0.25, 0.3) is 5.91 Å². The molecule has 3 heterocycles. The fourth-order valence-corrected chi connectivity index (χ4v) is 3.54. The number of halogens is 2. The Labute approximate surface area is 183 Å². The molecule has 0 spiro atoms. The van der Waals surface area contributed by atoms with Gasteiger partial charge in [-0.2, -0.15) is 5.10 Å². The summed E-state index contributed by atoms with van der Waals surface area (Å²) in [5, 5.41) is 4.72. The predicted octanol–water partition coefficient (Wildman–Crippen LogP) is 3.19. The Morgan fingerprint density at radius 1 is 1.17 bits per heavy atom. The Morgan fingerprint density at radius 3 is 2.57 bits per heavy atom. The van der Waals surface area contributed by atoms with Crippen molar-refractivity contribution in [3.63, 3.8) is 0 Å². The molecule has 0 aromatic carbocycles. The van der Waals surface area contributed by atoms with E-state index < -0.39 is 0 Å². The van der Waals surface area contributed by atoms with Crippen molar-refractivity contribution in [3.8, 4) is 0 Å². The molecular formula is C20H21Cl2N5O3. The summed E-state index contributed by atoms with van der Waals surface area (Å²) in [4.78, 5) is 34.8. The lowest BCUT2D eigenvalue weighted by Crippen LogP contribution is -2.23. The molecule has 3 aromatic rings. The number of hydrogen-bond donors (Lipinski definition) is 0. The molecule has 0 unspecified atom stereocenters. The predicted molar refractivity (Wildman–Crippen MR) is 113 cm³/mol. The molecule has 0 radical (unpaired) electrons. The smallest absolute Gasteiger partial charge is 0.272 e. The van der Waals surface area contributed by atoms with Crippen molar-refractivity contribution >= 4 is 40.5 Å². The highest BCUT2D eigenvalue weighted by atomic mass is 35.5. The zero-order valence-electron chi connectivity index (χ0n) is 17.0. The molecule has 30 heavy (non-hydrogen) atoms. The number of carbonyl (C=O) groups is 2. The molecule has 0 aliphatic heterocycles. The molecule has 8 nitrogen and oxygen atoms in total. The first-order valence-corrected chi connectivity index (χ1v) is 9.90. The van der Waals surface area contributed by atoms with E-state index in [1.165, 1.54) is 4.90 Å². The third-order valence-corrected chi connectivity index (χ3v) is 4.96. The van der Waals surface area contributed by atoms with Gasteiger partial charge in [0, 0.05) is 51.9 Å². The van der Waals surface area contributed by atoms with E-state index in [0.29, 0.717) is 27.6 Å². The first-order chi connectivity index (χ1) is 14.2. The average Bonchev–Trinajstić information content (AvgIpc) is 3.06. The molecule has 10 heteroatoms. The van der Waals surface area contributed by atoms with Gasteiger partial charge in [-0.15, -0.1) is 0 Å². The van der Waals surface area contributed by atoms with Gasteiger partial charge in [0.1, 0.15) is 16.6 Å². The van der Waals surface area contributed by atoms with Gasteiger partial charge in [-0.3, -0.25) is 9.59 Å². The topological polar surface area (TPSA) is 89.7 Å². The van der Waals surface area contributed by atoms with Crippen LogP contribution < -0.4 is 0 Å². The van der Waals surface area contributed by atoms with Crippen LogP contribution in [-0.4, -0.2) is 57.4 Å². The number of nitrogens with zero attached hydrogens (tertiary/aromatic N) is 5. The molecule has 3 rings (SSSR count). The fraction of sp³-hybridized carbons (Fsp3) is 0.350. The van der Waals surface area contributed by atoms with E-state index in [-0.39, 0.29) is 41.5 Å². The third-order valence-electron chi connectivity index (χ3n) is 4.58. The number of pyridine rings is 1. The second-order valence-corrected chi connectivity index (χ2v) is 7.83. The molecule has 0 aliphatic rings. The lowest BCUT2D eigenvalue weighted by molar-refractivity contribution is -0.117. The van der Waals surface area contributed by atoms with Crippen LogP contribution in [0.15, 0.2) is 24.4 Å². The normalized spacial score (nSPS) is 12.2. The quantitative estimate of drug-likeness (QED) is 0.514. The molecule has 158 valence electrons. The van der Waals surface area contributed by atoms with Crippen molar-refractivity contribution in [2.45, 2.75) is 25.9 Å². The molecule has 0 saturated heterocycles. The number of Topliss-reactive ketones (excluding diaryl/α,β-unsaturated/α-hetero) is 1. The van der Waals surface area contributed by atoms with E-state index in [0.717, 1.165) is 0 Å². The lowest BCUT2D eigenvalue weighted by Gasteiger charge is -2.16. The van der Waals surface area contributed by atoms with E-state index in [2.05, 4.69) is 15.1 Å². The van der Waals surface area contributed by atoms with Crippen molar-refractivity contribution in [1.29, 1.82) is 0 Å². The number of methoxy groups -OCH3 is 1. The molecule has 1 amide bonds. The summed E-state index contributed by atoms with van der Waals surface area (Å²) in [6.45, 7) is 1.86. The van der Waals surface area contributed by atoms with Crippen LogP contribution in [0.5, 0.6) is 0 Å². The van der Waals surface area contributed by atoms with Crippen LogP contribution in [0, 0.1) is 0 Å². The standard InChI is InChI=1S/C20H21Cl2N5O3/c1-11(30-4)19-13(10-23-18-9-17(22)25-27(18)19)8-14(28)5-12-6-15(20(29)26(2)3)24-16(21)7-12/h6-7,9-11H,5,8H2,1-4H3/t11-/m0/s1. The highest BCUT2D eigenvalue weighted by Crippen LogP contribution is 2.24. The largest absolute Gasteiger partial charge is 0.375 e. The van der Waals surface area contributed by atoms with E-state index >= 15 is 0 Å². The van der Waals surface area contributed by atoms with Crippen LogP contribution in [0.1, 0.15) is 40.3 Å². The van der Waals surface area contributed by atoms with Crippen LogP contribution in [0.25, 0.3) is 5.65 Å². The van der Waals surface area contributed by atoms with Crippen LogP contribution in [-0.2, 0) is 22.4 Å². The molecule has 0 aliphatic carbocycles. The number of ketones is 1. The number of rotatable bonds is 7. The van der Waals surface area contributed by atoms with Gasteiger partial charge in [-0.1, -0.05) is 23.2 Å². The Morgan fingerprint density at radius 2 is 1.90 bits per heavy atom. The first-order valence-electron chi connectivity index (χ1n) is 9.15. The van der Waals surface area contributed by atoms with Crippen LogP contribution in [0.3, 0.4) is 0 Å². The van der Waals surface area contributed by atoms with Crippen molar-refractivity contribution in [1.82, 2.24) is 24.5 Å². The fourth-order valence-electron chi connectivity index (χ4n) is 3.13. The maximum atomic E-state index is 12.8. The van der Waals surface area contributed by atoms with Crippen LogP contribution in [0.2, 0.25) is 10.3 Å². The van der Waals surface area contributed by atoms with Gasteiger partial charge >= 0.3 is 0 Å². The summed E-state index contributed by atoms with van der Waals surface area (Å²) >= 11 is 12.1. The minimum absolute atomic E-state index is 0.0792. The molecule has 3 aromatic heterocycles. The summed E-state index contributed by atoms with van der Waals surface area (Å²) in [5.74, 6) is -0.364. The van der Waals surface area contributed by atoms with Gasteiger partial charge in [0.2, 0.25) is 0 Å². The van der Waals surface area contributed by atoms with Crippen molar-refractivity contribution < 1.29 is 14.3 Å². The van der Waals surface area contributed by atoms with Gasteiger partial charge in [-0.05, 0) is 24.6 Å². The maximum absolute atomic E-state index is 12.8. The monoisotopic (exact) mass is 449 g/mol. The molecule has 0 bridgehead atoms. The lowest BCUT2D eigenvalue weighted by atomic mass is 10.0. The van der Waals surface area contributed by atoms with Crippen molar-refractivity contribution in [2.75, 3.05) is 21.2 Å². The van der Waals surface area contributed by atoms with E-state index in [1.54, 1.807) is 50.1 Å². The number of ether oxygens (including phenoxy) is 1. The van der Waals surface area contributed by atoms with Crippen LogP contribution >= 0.6 is 23.2 Å². The van der Waals surface area contributed by atoms with Crippen LogP contribution in [0.4, 0.5) is 0 Å². The Balaban J connectivity index is 1.88. The van der Waals surface area contributed by atoms with E-state index in [1.807, 2.05) is 6.92 Å². The van der Waals surface area contributed by atoms with E-state index in [4.69, 9.17) is 27.9 Å². The second-order valence-electron chi connectivity index (χ2n) is 7.06. The van der Waals surface area contributed by atoms with Crippen molar-refractivity contribution in [3.05, 3.63) is 57.2 Å². The highest BCUT2D eigenvalue weighted by molar-refractivity contribution is 6.30. The number of hydrogen-bond acceptors (Lipinski definition) is 6. The van der Waals surface area contributed by atoms with Gasteiger partial charge in [-0.25, -0.2) is 14.5 Å². The molecule has 0 fully saturated rings. The Hall–Kier alpha value is -2.55. The molecule has 0 N–H and O–H groups in total. The highest BCUT2D eigenvalue weighted by Gasteiger charge is 2.20. The second kappa shape index (κ2) is 9.07. The summed E-state index contributed by atoms with van der Waals surface area (Å²) in [7, 11) is 4.83. The third kappa shape index (κ3) is 4.77. The van der Waals surface area contributed by atoms with Gasteiger partial charge in [0.05, 0.1) is 11.8 Å². The average molecular weight is 450 g/mol. The van der Waals surface area contributed by atoms with Crippen molar-refractivity contribution in [2.24, 2.45) is 0 Å². The summed E-state index contributed by atoms with van der Waals surface area (Å²) in [5.41, 5.74) is 2.77. The molecule has 0 saturated carbocycles. The molecule has 1 atom stereocenters. The van der Waals surface area contributed by atoms with Gasteiger partial charge < -0.3 is 9.64 Å². The number of fused-ring (bicyclic) bond motifs is 1. The Bertz CT molecular complexity index is 1110. The minimum Gasteiger partial charge on any atom is -0.375 e. The zero-order chi connectivity index (χ0) is 22.0. The zero-order valence-corrected chi connectivity index (χ0v) is 18.5. The molecular weight excluding hydrogens is 429 g/mol. The SMILES string of the molecule is CO[C@@H](C)c1c(CC(=O)Cc2cc(Cl)nc(C(=O)N(C)C)c2)cnc2cc(Cl)nn12. The maximum Gasteiger partial charge on any atom is 0.272 e. The Kier molecular flexibility index (Phi) is 6.70. The first kappa shape index (κ1) is 22.1. The summed E-state index contributed by atoms with van der Waals surface area (Å²) < 4.78 is 7.06. The number of amides is 1. The van der Waals surface area contributed by atoms with Gasteiger partial charge in [0.15, 0.2) is 10.8 Å². The minimum atomic E-state index is -0.325. The van der Waals surface area contributed by atoms with E-state index in [9.17, 15) is 9.59 Å². The summed E-state index contributed by atoms with van der Waals surface area (Å²) in [6, 6.07) is 4.81. The number of carbonyl (C=O) groups excluding carboxylic acids is 2.